The highest BCUT2D eigenvalue weighted by molar-refractivity contribution is 6.18. The molecule has 2 heterocycles. The minimum Gasteiger partial charge on any atom is -0.339 e. The van der Waals surface area contributed by atoms with E-state index in [0.29, 0.717) is 12.4 Å². The van der Waals surface area contributed by atoms with E-state index in [1.165, 1.54) is 0 Å². The lowest BCUT2D eigenvalue weighted by Gasteiger charge is -2.34. The molecule has 0 aromatic rings. The summed E-state index contributed by atoms with van der Waals surface area (Å²) in [4.78, 5) is 11.5. The van der Waals surface area contributed by atoms with E-state index in [9.17, 15) is 4.79 Å². The number of rotatable bonds is 1. The van der Waals surface area contributed by atoms with Crippen molar-refractivity contribution in [2.75, 3.05) is 19.5 Å². The molecule has 0 saturated carbocycles. The second kappa shape index (κ2) is 3.42. The molecule has 0 bridgehead atoms. The summed E-state index contributed by atoms with van der Waals surface area (Å²) >= 11 is 5.67. The number of nitrogens with zero attached hydrogens (tertiary/aromatic N) is 1. The topological polar surface area (TPSA) is 56.4 Å². The molecule has 2 saturated heterocycles. The maximum atomic E-state index is 11.5. The SMILES string of the molecule is CN1NCC2C(=O)NC(CCl)NC21. The van der Waals surface area contributed by atoms with E-state index in [4.69, 9.17) is 11.6 Å². The Bertz CT molecular complexity index is 225. The zero-order valence-electron chi connectivity index (χ0n) is 7.38. The smallest absolute Gasteiger partial charge is 0.228 e. The lowest BCUT2D eigenvalue weighted by molar-refractivity contribution is -0.129. The van der Waals surface area contributed by atoms with E-state index in [-0.39, 0.29) is 24.2 Å². The zero-order valence-corrected chi connectivity index (χ0v) is 8.14. The van der Waals surface area contributed by atoms with Crippen LogP contribution in [0.1, 0.15) is 0 Å². The predicted octanol–water partition coefficient (Wildman–Crippen LogP) is -1.34. The summed E-state index contributed by atoms with van der Waals surface area (Å²) < 4.78 is 0. The van der Waals surface area contributed by atoms with Crippen LogP contribution in [-0.2, 0) is 4.79 Å². The number of hydrogen-bond acceptors (Lipinski definition) is 4. The predicted molar refractivity (Wildman–Crippen MR) is 48.8 cm³/mol. The van der Waals surface area contributed by atoms with E-state index in [1.807, 2.05) is 12.1 Å². The van der Waals surface area contributed by atoms with Crippen LogP contribution in [-0.4, -0.2) is 42.7 Å². The Morgan fingerprint density at radius 1 is 1.69 bits per heavy atom. The second-order valence-corrected chi connectivity index (χ2v) is 3.72. The van der Waals surface area contributed by atoms with Crippen LogP contribution in [0, 0.1) is 5.92 Å². The van der Waals surface area contributed by atoms with Crippen LogP contribution in [0.5, 0.6) is 0 Å². The third-order valence-electron chi connectivity index (χ3n) is 2.54. The minimum absolute atomic E-state index is 0.00975. The van der Waals surface area contributed by atoms with Gasteiger partial charge in [-0.05, 0) is 0 Å². The third-order valence-corrected chi connectivity index (χ3v) is 2.85. The van der Waals surface area contributed by atoms with Crippen molar-refractivity contribution in [2.24, 2.45) is 5.92 Å². The van der Waals surface area contributed by atoms with Gasteiger partial charge in [0.15, 0.2) is 0 Å². The van der Waals surface area contributed by atoms with Crippen LogP contribution in [0.3, 0.4) is 0 Å². The van der Waals surface area contributed by atoms with Gasteiger partial charge >= 0.3 is 0 Å². The van der Waals surface area contributed by atoms with Gasteiger partial charge in [0.2, 0.25) is 5.91 Å². The Hall–Kier alpha value is -0.360. The number of carbonyl (C=O) groups excluding carboxylic acids is 1. The first-order valence-corrected chi connectivity index (χ1v) is 4.84. The number of alkyl halides is 1. The molecule has 3 atom stereocenters. The Labute approximate surface area is 81.8 Å². The highest BCUT2D eigenvalue weighted by Crippen LogP contribution is 2.16. The van der Waals surface area contributed by atoms with Crippen molar-refractivity contribution in [3.63, 3.8) is 0 Å². The fourth-order valence-electron chi connectivity index (χ4n) is 1.80. The van der Waals surface area contributed by atoms with Gasteiger partial charge in [-0.1, -0.05) is 0 Å². The van der Waals surface area contributed by atoms with Crippen molar-refractivity contribution < 1.29 is 4.79 Å². The van der Waals surface area contributed by atoms with Gasteiger partial charge in [-0.2, -0.15) is 0 Å². The van der Waals surface area contributed by atoms with Gasteiger partial charge in [0.05, 0.1) is 24.1 Å². The number of hydrazine groups is 1. The molecule has 74 valence electrons. The second-order valence-electron chi connectivity index (χ2n) is 3.41. The molecule has 5 nitrogen and oxygen atoms in total. The van der Waals surface area contributed by atoms with Crippen LogP contribution < -0.4 is 16.1 Å². The molecule has 0 spiro atoms. The molecule has 0 aromatic heterocycles. The van der Waals surface area contributed by atoms with Gasteiger partial charge < -0.3 is 5.32 Å². The van der Waals surface area contributed by atoms with Crippen LogP contribution in [0.15, 0.2) is 0 Å². The van der Waals surface area contributed by atoms with Crippen molar-refractivity contribution >= 4 is 17.5 Å². The minimum atomic E-state index is -0.113. The van der Waals surface area contributed by atoms with E-state index in [1.54, 1.807) is 0 Å². The number of hydrogen-bond donors (Lipinski definition) is 3. The molecule has 0 aromatic carbocycles. The van der Waals surface area contributed by atoms with Crippen LogP contribution in [0.25, 0.3) is 0 Å². The monoisotopic (exact) mass is 204 g/mol. The summed E-state index contributed by atoms with van der Waals surface area (Å²) in [5.41, 5.74) is 3.10. The molecular formula is C7H13ClN4O. The molecule has 6 heteroatoms. The quantitative estimate of drug-likeness (QED) is 0.463. The van der Waals surface area contributed by atoms with Crippen LogP contribution >= 0.6 is 11.6 Å². The van der Waals surface area contributed by atoms with Gasteiger partial charge in [0, 0.05) is 13.6 Å². The number of halogens is 1. The first-order valence-electron chi connectivity index (χ1n) is 4.31. The molecule has 3 unspecified atom stereocenters. The first kappa shape index (κ1) is 9.21. The molecule has 13 heavy (non-hydrogen) atoms. The summed E-state index contributed by atoms with van der Waals surface area (Å²) in [5, 5.41) is 7.97. The maximum Gasteiger partial charge on any atom is 0.228 e. The highest BCUT2D eigenvalue weighted by atomic mass is 35.5. The molecule has 2 rings (SSSR count). The van der Waals surface area contributed by atoms with Crippen molar-refractivity contribution in [1.82, 2.24) is 21.1 Å². The maximum absolute atomic E-state index is 11.5. The van der Waals surface area contributed by atoms with E-state index < -0.39 is 0 Å². The highest BCUT2D eigenvalue weighted by Gasteiger charge is 2.41. The van der Waals surface area contributed by atoms with E-state index in [0.717, 1.165) is 0 Å². The van der Waals surface area contributed by atoms with Gasteiger partial charge in [0.25, 0.3) is 0 Å². The average Bonchev–Trinajstić information content (AvgIpc) is 2.48. The first-order chi connectivity index (χ1) is 6.22. The van der Waals surface area contributed by atoms with Crippen LogP contribution in [0.4, 0.5) is 0 Å². The summed E-state index contributed by atoms with van der Waals surface area (Å²) in [7, 11) is 1.92. The van der Waals surface area contributed by atoms with E-state index in [2.05, 4.69) is 16.1 Å². The summed E-state index contributed by atoms with van der Waals surface area (Å²) in [5.74, 6) is 0.457. The number of fused-ring (bicyclic) bond motifs is 1. The van der Waals surface area contributed by atoms with Gasteiger partial charge in [-0.15, -0.1) is 11.6 Å². The number of amides is 1. The van der Waals surface area contributed by atoms with Crippen molar-refractivity contribution in [3.8, 4) is 0 Å². The number of carbonyl (C=O) groups is 1. The Morgan fingerprint density at radius 3 is 3.15 bits per heavy atom. The summed E-state index contributed by atoms with van der Waals surface area (Å²) in [6.45, 7) is 0.689. The van der Waals surface area contributed by atoms with Crippen molar-refractivity contribution in [1.29, 1.82) is 0 Å². The molecule has 2 aliphatic heterocycles. The normalized spacial score (nSPS) is 40.2. The fourth-order valence-corrected chi connectivity index (χ4v) is 1.96. The standard InChI is InChI=1S/C7H13ClN4O/c1-12-6-4(3-9-12)7(13)11-5(2-8)10-6/h4-6,9-10H,2-3H2,1H3,(H,11,13). The average molecular weight is 205 g/mol. The van der Waals surface area contributed by atoms with E-state index >= 15 is 0 Å². The molecular weight excluding hydrogens is 192 g/mol. The summed E-state index contributed by atoms with van der Waals surface area (Å²) in [6, 6.07) is 0. The zero-order chi connectivity index (χ0) is 9.42. The van der Waals surface area contributed by atoms with Crippen LogP contribution in [0.2, 0.25) is 0 Å². The van der Waals surface area contributed by atoms with Gasteiger partial charge in [0.1, 0.15) is 0 Å². The summed E-state index contributed by atoms with van der Waals surface area (Å²) in [6.07, 6.45) is -0.0460. The lowest BCUT2D eigenvalue weighted by Crippen LogP contribution is -2.64. The van der Waals surface area contributed by atoms with Crippen molar-refractivity contribution in [3.05, 3.63) is 0 Å². The molecule has 2 aliphatic rings. The Balaban J connectivity index is 2.09. The molecule has 0 aliphatic carbocycles. The van der Waals surface area contributed by atoms with Crippen molar-refractivity contribution in [2.45, 2.75) is 12.3 Å². The molecule has 0 radical (unpaired) electrons. The largest absolute Gasteiger partial charge is 0.339 e. The lowest BCUT2D eigenvalue weighted by atomic mass is 10.0. The fraction of sp³-hybridized carbons (Fsp3) is 0.857. The van der Waals surface area contributed by atoms with Gasteiger partial charge in [-0.25, -0.2) is 5.01 Å². The Kier molecular flexibility index (Phi) is 2.42. The third kappa shape index (κ3) is 1.52. The Morgan fingerprint density at radius 2 is 2.46 bits per heavy atom. The van der Waals surface area contributed by atoms with Gasteiger partial charge in [-0.3, -0.25) is 15.5 Å². The molecule has 2 fully saturated rings. The molecule has 1 amide bonds. The number of nitrogens with one attached hydrogen (secondary N) is 3. The molecule has 3 N–H and O–H groups in total.